The summed E-state index contributed by atoms with van der Waals surface area (Å²) in [5.74, 6) is -0.194. The number of likely N-dealkylation sites (tertiary alicyclic amines) is 1. The van der Waals surface area contributed by atoms with Crippen LogP contribution in [0.1, 0.15) is 26.2 Å². The fraction of sp³-hybridized carbons (Fsp3) is 0.471. The molecule has 1 aromatic carbocycles. The lowest BCUT2D eigenvalue weighted by molar-refractivity contribution is -0.155. The molecule has 1 saturated heterocycles. The van der Waals surface area contributed by atoms with Gasteiger partial charge in [0.25, 0.3) is 5.22 Å². The van der Waals surface area contributed by atoms with Crippen LogP contribution in [0.2, 0.25) is 0 Å². The summed E-state index contributed by atoms with van der Waals surface area (Å²) >= 11 is 1.25. The van der Waals surface area contributed by atoms with E-state index in [4.69, 9.17) is 9.15 Å². The highest BCUT2D eigenvalue weighted by molar-refractivity contribution is 7.99. The quantitative estimate of drug-likeness (QED) is 0.611. The monoisotopic (exact) mass is 348 g/mol. The van der Waals surface area contributed by atoms with Gasteiger partial charge in [0, 0.05) is 6.54 Å². The summed E-state index contributed by atoms with van der Waals surface area (Å²) in [4.78, 5) is 30.6. The van der Waals surface area contributed by atoms with Crippen LogP contribution in [-0.4, -0.2) is 46.7 Å². The van der Waals surface area contributed by atoms with Crippen molar-refractivity contribution in [3.8, 4) is 0 Å². The number of esters is 1. The Morgan fingerprint density at radius 3 is 3.00 bits per heavy atom. The Morgan fingerprint density at radius 2 is 2.21 bits per heavy atom. The number of aromatic nitrogens is 1. The third-order valence-electron chi connectivity index (χ3n) is 3.98. The number of thioether (sulfide) groups is 1. The smallest absolute Gasteiger partial charge is 0.328 e. The predicted molar refractivity (Wildman–Crippen MR) is 90.7 cm³/mol. The zero-order valence-corrected chi connectivity index (χ0v) is 14.4. The van der Waals surface area contributed by atoms with E-state index in [1.54, 1.807) is 11.8 Å². The summed E-state index contributed by atoms with van der Waals surface area (Å²) in [5, 5.41) is 0.467. The van der Waals surface area contributed by atoms with Gasteiger partial charge in [0.1, 0.15) is 11.6 Å². The molecular formula is C17H20N2O4S. The average molecular weight is 348 g/mol. The first kappa shape index (κ1) is 16.8. The molecule has 1 fully saturated rings. The molecule has 24 heavy (non-hydrogen) atoms. The fourth-order valence-corrected chi connectivity index (χ4v) is 3.56. The maximum Gasteiger partial charge on any atom is 0.328 e. The van der Waals surface area contributed by atoms with Crippen LogP contribution in [0.3, 0.4) is 0 Å². The van der Waals surface area contributed by atoms with E-state index in [1.807, 2.05) is 24.3 Å². The first-order chi connectivity index (χ1) is 11.7. The summed E-state index contributed by atoms with van der Waals surface area (Å²) < 4.78 is 10.7. The molecular weight excluding hydrogens is 328 g/mol. The molecule has 1 atom stereocenters. The van der Waals surface area contributed by atoms with Crippen LogP contribution < -0.4 is 0 Å². The van der Waals surface area contributed by atoms with E-state index in [2.05, 4.69) is 4.98 Å². The molecule has 0 radical (unpaired) electrons. The molecule has 0 saturated carbocycles. The van der Waals surface area contributed by atoms with Crippen molar-refractivity contribution >= 4 is 34.7 Å². The first-order valence-electron chi connectivity index (χ1n) is 8.13. The molecule has 1 aliphatic rings. The van der Waals surface area contributed by atoms with Crippen LogP contribution in [0, 0.1) is 0 Å². The number of para-hydroxylation sites is 2. The van der Waals surface area contributed by atoms with Gasteiger partial charge in [-0.2, -0.15) is 0 Å². The topological polar surface area (TPSA) is 72.6 Å². The molecule has 6 nitrogen and oxygen atoms in total. The number of ether oxygens (including phenoxy) is 1. The highest BCUT2D eigenvalue weighted by Gasteiger charge is 2.33. The summed E-state index contributed by atoms with van der Waals surface area (Å²) in [7, 11) is 0. The fourth-order valence-electron chi connectivity index (χ4n) is 2.83. The lowest BCUT2D eigenvalue weighted by Gasteiger charge is -2.33. The molecule has 0 spiro atoms. The van der Waals surface area contributed by atoms with E-state index in [0.29, 0.717) is 30.4 Å². The number of amides is 1. The number of carbonyl (C=O) groups is 2. The largest absolute Gasteiger partial charge is 0.464 e. The molecule has 0 bridgehead atoms. The lowest BCUT2D eigenvalue weighted by atomic mass is 10.0. The van der Waals surface area contributed by atoms with Crippen LogP contribution in [-0.2, 0) is 14.3 Å². The van der Waals surface area contributed by atoms with E-state index in [1.165, 1.54) is 11.8 Å². The Balaban J connectivity index is 1.63. The van der Waals surface area contributed by atoms with Crippen LogP contribution in [0.4, 0.5) is 0 Å². The van der Waals surface area contributed by atoms with Gasteiger partial charge in [0.05, 0.1) is 12.4 Å². The number of oxazole rings is 1. The second-order valence-corrected chi connectivity index (χ2v) is 6.51. The third kappa shape index (κ3) is 3.72. The molecule has 1 unspecified atom stereocenters. The number of carbonyl (C=O) groups excluding carboxylic acids is 2. The Bertz CT molecular complexity index is 697. The van der Waals surface area contributed by atoms with Crippen molar-refractivity contribution in [2.24, 2.45) is 0 Å². The molecule has 128 valence electrons. The van der Waals surface area contributed by atoms with Gasteiger partial charge in [0.15, 0.2) is 5.58 Å². The van der Waals surface area contributed by atoms with Crippen molar-refractivity contribution in [2.45, 2.75) is 37.5 Å². The third-order valence-corrected chi connectivity index (χ3v) is 4.79. The molecule has 3 rings (SSSR count). The Labute approximate surface area is 144 Å². The molecule has 0 N–H and O–H groups in total. The van der Waals surface area contributed by atoms with E-state index < -0.39 is 6.04 Å². The number of benzene rings is 1. The van der Waals surface area contributed by atoms with Crippen molar-refractivity contribution in [3.63, 3.8) is 0 Å². The summed E-state index contributed by atoms with van der Waals surface area (Å²) in [5.41, 5.74) is 1.48. The Hall–Kier alpha value is -2.02. The number of nitrogens with zero attached hydrogens (tertiary/aromatic N) is 2. The number of fused-ring (bicyclic) bond motifs is 1. The predicted octanol–water partition coefficient (Wildman–Crippen LogP) is 2.86. The van der Waals surface area contributed by atoms with Crippen molar-refractivity contribution in [3.05, 3.63) is 24.3 Å². The molecule has 7 heteroatoms. The second-order valence-electron chi connectivity index (χ2n) is 5.59. The van der Waals surface area contributed by atoms with E-state index in [-0.39, 0.29) is 17.6 Å². The number of hydrogen-bond acceptors (Lipinski definition) is 6. The minimum absolute atomic E-state index is 0.0833. The van der Waals surface area contributed by atoms with Gasteiger partial charge in [0.2, 0.25) is 5.91 Å². The van der Waals surface area contributed by atoms with Crippen molar-refractivity contribution in [2.75, 3.05) is 18.9 Å². The zero-order valence-electron chi connectivity index (χ0n) is 13.6. The zero-order chi connectivity index (χ0) is 16.9. The standard InChI is InChI=1S/C17H20N2O4S/c1-2-22-16(21)13-8-5-6-10-19(13)15(20)11-24-17-18-12-7-3-4-9-14(12)23-17/h3-4,7,9,13H,2,5-6,8,10-11H2,1H3. The second kappa shape index (κ2) is 7.70. The molecule has 1 aliphatic heterocycles. The van der Waals surface area contributed by atoms with E-state index in [9.17, 15) is 9.59 Å². The van der Waals surface area contributed by atoms with Crippen LogP contribution in [0.25, 0.3) is 11.1 Å². The number of rotatable bonds is 5. The minimum Gasteiger partial charge on any atom is -0.464 e. The van der Waals surface area contributed by atoms with Crippen molar-refractivity contribution in [1.82, 2.24) is 9.88 Å². The normalized spacial score (nSPS) is 17.9. The van der Waals surface area contributed by atoms with Gasteiger partial charge < -0.3 is 14.1 Å². The van der Waals surface area contributed by atoms with Crippen LogP contribution in [0.15, 0.2) is 33.9 Å². The number of hydrogen-bond donors (Lipinski definition) is 0. The summed E-state index contributed by atoms with van der Waals surface area (Å²) in [6.07, 6.45) is 2.51. The van der Waals surface area contributed by atoms with Gasteiger partial charge in [-0.3, -0.25) is 4.79 Å². The highest BCUT2D eigenvalue weighted by Crippen LogP contribution is 2.25. The molecule has 1 amide bonds. The Kier molecular flexibility index (Phi) is 5.40. The maximum absolute atomic E-state index is 12.5. The van der Waals surface area contributed by atoms with Gasteiger partial charge >= 0.3 is 5.97 Å². The molecule has 0 aliphatic carbocycles. The minimum atomic E-state index is -0.463. The van der Waals surface area contributed by atoms with Crippen molar-refractivity contribution < 1.29 is 18.7 Å². The summed E-state index contributed by atoms with van der Waals surface area (Å²) in [6, 6.07) is 7.02. The van der Waals surface area contributed by atoms with Gasteiger partial charge in [-0.25, -0.2) is 9.78 Å². The SMILES string of the molecule is CCOC(=O)C1CCCCN1C(=O)CSc1nc2ccccc2o1. The molecule has 2 aromatic rings. The van der Waals surface area contributed by atoms with E-state index in [0.717, 1.165) is 18.4 Å². The highest BCUT2D eigenvalue weighted by atomic mass is 32.2. The van der Waals surface area contributed by atoms with Gasteiger partial charge in [-0.1, -0.05) is 23.9 Å². The number of piperidine rings is 1. The van der Waals surface area contributed by atoms with Crippen molar-refractivity contribution in [1.29, 1.82) is 0 Å². The lowest BCUT2D eigenvalue weighted by Crippen LogP contribution is -2.49. The average Bonchev–Trinajstić information content (AvgIpc) is 3.03. The first-order valence-corrected chi connectivity index (χ1v) is 9.12. The molecule has 1 aromatic heterocycles. The Morgan fingerprint density at radius 1 is 1.38 bits per heavy atom. The summed E-state index contributed by atoms with van der Waals surface area (Å²) in [6.45, 7) is 2.70. The van der Waals surface area contributed by atoms with Gasteiger partial charge in [-0.15, -0.1) is 0 Å². The maximum atomic E-state index is 12.5. The van der Waals surface area contributed by atoms with Gasteiger partial charge in [-0.05, 0) is 38.3 Å². The van der Waals surface area contributed by atoms with Crippen LogP contribution in [0.5, 0.6) is 0 Å². The molecule has 2 heterocycles. The van der Waals surface area contributed by atoms with Crippen LogP contribution >= 0.6 is 11.8 Å². The van der Waals surface area contributed by atoms with E-state index >= 15 is 0 Å².